The van der Waals surface area contributed by atoms with Crippen molar-refractivity contribution in [3.63, 3.8) is 0 Å². The van der Waals surface area contributed by atoms with E-state index in [1.54, 1.807) is 85.1 Å². The number of unbranched alkanes of at least 4 members (excludes halogenated alkanes) is 1. The Labute approximate surface area is 446 Å². The zero-order valence-corrected chi connectivity index (χ0v) is 42.7. The topological polar surface area (TPSA) is 281 Å². The molecule has 0 unspecified atom stereocenters. The van der Waals surface area contributed by atoms with Crippen LogP contribution in [0.25, 0.3) is 10.9 Å². The summed E-state index contributed by atoms with van der Waals surface area (Å²) in [7, 11) is 0. The molecular weight excluding hydrogens is 981 g/mol. The molecule has 11 N–H and O–H groups in total. The summed E-state index contributed by atoms with van der Waals surface area (Å²) in [5, 5.41) is 17.9. The summed E-state index contributed by atoms with van der Waals surface area (Å²) in [6, 6.07) is 33.6. The van der Waals surface area contributed by atoms with Gasteiger partial charge in [0.1, 0.15) is 54.7 Å². The average molecular weight is 1050 g/mol. The molecule has 402 valence electrons. The molecule has 0 radical (unpaired) electrons. The maximum atomic E-state index is 15.3. The van der Waals surface area contributed by atoms with E-state index < -0.39 is 83.9 Å². The van der Waals surface area contributed by atoms with Gasteiger partial charge in [-0.3, -0.25) is 28.8 Å². The van der Waals surface area contributed by atoms with Crippen molar-refractivity contribution in [2.24, 2.45) is 11.5 Å². The average Bonchev–Trinajstić information content (AvgIpc) is 4.08. The van der Waals surface area contributed by atoms with Gasteiger partial charge in [0.25, 0.3) is 0 Å². The maximum absolute atomic E-state index is 15.3. The number of benzene rings is 5. The summed E-state index contributed by atoms with van der Waals surface area (Å²) >= 11 is 0. The summed E-state index contributed by atoms with van der Waals surface area (Å²) in [6.45, 7) is 0.617. The fourth-order valence-electron chi connectivity index (χ4n) is 9.65. The largest absolute Gasteiger partial charge is 0.489 e. The third-order valence-electron chi connectivity index (χ3n) is 13.7. The van der Waals surface area contributed by atoms with Gasteiger partial charge in [0.2, 0.25) is 35.4 Å². The molecule has 6 aromatic rings. The lowest BCUT2D eigenvalue weighted by Crippen LogP contribution is -2.61. The van der Waals surface area contributed by atoms with Gasteiger partial charge in [-0.2, -0.15) is 0 Å². The SMILES string of the molecule is NCCCC[C@@H]1NC(=O)[C@H](Cc2c[nH]c3ccccc23)NC(=O)[C@H](c2ccccc2)NC(=O)[C@@H]2C[C@@H](OC(=O)NCCN)CN2C(=O)[C@H](Cc2ccccc2)NC(=O)[C@H](Cc2ccc(OCc3ccccc3)cc2)NC1=O. The van der Waals surface area contributed by atoms with Crippen molar-refractivity contribution in [1.29, 1.82) is 0 Å². The van der Waals surface area contributed by atoms with Crippen LogP contribution in [0.5, 0.6) is 5.75 Å². The zero-order chi connectivity index (χ0) is 54.1. The smallest absolute Gasteiger partial charge is 0.407 e. The Kier molecular flexibility index (Phi) is 19.0. The number of ether oxygens (including phenoxy) is 2. The van der Waals surface area contributed by atoms with Crippen molar-refractivity contribution in [3.05, 3.63) is 174 Å². The van der Waals surface area contributed by atoms with E-state index in [0.717, 1.165) is 16.5 Å². The molecule has 7 atom stereocenters. The summed E-state index contributed by atoms with van der Waals surface area (Å²) in [4.78, 5) is 107. The highest BCUT2D eigenvalue weighted by molar-refractivity contribution is 5.99. The molecule has 0 bridgehead atoms. The lowest BCUT2D eigenvalue weighted by Gasteiger charge is -2.32. The van der Waals surface area contributed by atoms with Crippen LogP contribution < -0.4 is 48.1 Å². The normalized spacial score (nSPS) is 21.6. The number of amides is 7. The second-order valence-corrected chi connectivity index (χ2v) is 19.2. The summed E-state index contributed by atoms with van der Waals surface area (Å²) < 4.78 is 11.8. The molecule has 77 heavy (non-hydrogen) atoms. The quantitative estimate of drug-likeness (QED) is 0.0598. The van der Waals surface area contributed by atoms with E-state index in [1.807, 2.05) is 60.7 Å². The Morgan fingerprint density at radius 3 is 1.87 bits per heavy atom. The van der Waals surface area contributed by atoms with Crippen molar-refractivity contribution < 1.29 is 43.0 Å². The molecule has 5 aromatic carbocycles. The van der Waals surface area contributed by atoms with Gasteiger partial charge in [0.15, 0.2) is 0 Å². The zero-order valence-electron chi connectivity index (χ0n) is 42.7. The first kappa shape index (κ1) is 54.7. The highest BCUT2D eigenvalue weighted by Crippen LogP contribution is 2.26. The molecule has 2 fully saturated rings. The number of hydrogen-bond donors (Lipinski definition) is 9. The molecule has 2 saturated heterocycles. The number of H-pyrrole nitrogens is 1. The molecule has 0 spiro atoms. The Bertz CT molecular complexity index is 2960. The number of nitrogens with zero attached hydrogens (tertiary/aromatic N) is 1. The number of carbonyl (C=O) groups is 7. The van der Waals surface area contributed by atoms with E-state index in [-0.39, 0.29) is 51.7 Å². The minimum atomic E-state index is -1.42. The van der Waals surface area contributed by atoms with E-state index >= 15 is 9.59 Å². The van der Waals surface area contributed by atoms with Gasteiger partial charge >= 0.3 is 6.09 Å². The molecular formula is C58H66N10O9. The van der Waals surface area contributed by atoms with E-state index in [2.05, 4.69) is 36.9 Å². The lowest BCUT2D eigenvalue weighted by atomic mass is 9.99. The van der Waals surface area contributed by atoms with Crippen molar-refractivity contribution in [2.45, 2.75) is 93.9 Å². The van der Waals surface area contributed by atoms with Crippen LogP contribution in [0.3, 0.4) is 0 Å². The van der Waals surface area contributed by atoms with Gasteiger partial charge in [0, 0.05) is 55.9 Å². The molecule has 3 heterocycles. The van der Waals surface area contributed by atoms with E-state index in [9.17, 15) is 24.0 Å². The number of nitrogens with one attached hydrogen (secondary N) is 7. The van der Waals surface area contributed by atoms with Crippen LogP contribution in [0, 0.1) is 0 Å². The fourth-order valence-corrected chi connectivity index (χ4v) is 9.65. The third kappa shape index (κ3) is 14.9. The molecule has 1 aromatic heterocycles. The van der Waals surface area contributed by atoms with Gasteiger partial charge < -0.3 is 62.7 Å². The van der Waals surface area contributed by atoms with Crippen LogP contribution in [0.1, 0.15) is 59.5 Å². The van der Waals surface area contributed by atoms with Crippen molar-refractivity contribution in [3.8, 4) is 5.75 Å². The predicted molar refractivity (Wildman–Crippen MR) is 288 cm³/mol. The second-order valence-electron chi connectivity index (χ2n) is 19.2. The van der Waals surface area contributed by atoms with Crippen LogP contribution in [-0.4, -0.2) is 114 Å². The number of alkyl carbamates (subject to hydrolysis) is 1. The van der Waals surface area contributed by atoms with Crippen LogP contribution in [-0.2, 0) is 59.4 Å². The van der Waals surface area contributed by atoms with Crippen LogP contribution in [0.2, 0.25) is 0 Å². The number of carbonyl (C=O) groups excluding carboxylic acids is 7. The number of fused-ring (bicyclic) bond motifs is 2. The van der Waals surface area contributed by atoms with Crippen LogP contribution in [0.4, 0.5) is 4.79 Å². The Morgan fingerprint density at radius 2 is 1.17 bits per heavy atom. The summed E-state index contributed by atoms with van der Waals surface area (Å²) in [5.74, 6) is -3.76. The van der Waals surface area contributed by atoms with E-state index in [0.29, 0.717) is 54.0 Å². The fraction of sp³-hybridized carbons (Fsp3) is 0.328. The number of hydrogen-bond acceptors (Lipinski definition) is 11. The van der Waals surface area contributed by atoms with Gasteiger partial charge in [-0.05, 0) is 71.8 Å². The van der Waals surface area contributed by atoms with Crippen molar-refractivity contribution >= 4 is 52.4 Å². The highest BCUT2D eigenvalue weighted by atomic mass is 16.6. The number of rotatable bonds is 17. The predicted octanol–water partition coefficient (Wildman–Crippen LogP) is 3.37. The first-order valence-electron chi connectivity index (χ1n) is 26.0. The molecule has 0 saturated carbocycles. The Morgan fingerprint density at radius 1 is 0.584 bits per heavy atom. The highest BCUT2D eigenvalue weighted by Gasteiger charge is 2.45. The van der Waals surface area contributed by atoms with Gasteiger partial charge in [-0.15, -0.1) is 0 Å². The van der Waals surface area contributed by atoms with Gasteiger partial charge in [-0.1, -0.05) is 121 Å². The minimum absolute atomic E-state index is 0.0385. The molecule has 19 nitrogen and oxygen atoms in total. The maximum Gasteiger partial charge on any atom is 0.407 e. The van der Waals surface area contributed by atoms with E-state index in [4.69, 9.17) is 20.9 Å². The molecule has 2 aliphatic heterocycles. The number of aromatic nitrogens is 1. The van der Waals surface area contributed by atoms with Gasteiger partial charge in [0.05, 0.1) is 6.54 Å². The van der Waals surface area contributed by atoms with Crippen LogP contribution in [0.15, 0.2) is 146 Å². The molecule has 8 rings (SSSR count). The third-order valence-corrected chi connectivity index (χ3v) is 13.7. The van der Waals surface area contributed by atoms with E-state index in [1.165, 1.54) is 4.90 Å². The summed E-state index contributed by atoms with van der Waals surface area (Å²) in [5.41, 5.74) is 15.7. The van der Waals surface area contributed by atoms with Crippen LogP contribution >= 0.6 is 0 Å². The van der Waals surface area contributed by atoms with Gasteiger partial charge in [-0.25, -0.2) is 4.79 Å². The lowest BCUT2D eigenvalue weighted by molar-refractivity contribution is -0.143. The first-order valence-corrected chi connectivity index (χ1v) is 26.0. The monoisotopic (exact) mass is 1050 g/mol. The molecule has 19 heteroatoms. The molecule has 2 aliphatic rings. The Hall–Kier alpha value is -8.55. The number of aromatic amines is 1. The number of nitrogens with two attached hydrogens (primary N) is 2. The summed E-state index contributed by atoms with van der Waals surface area (Å²) in [6.07, 6.45) is 0.652. The first-order chi connectivity index (χ1) is 37.5. The second kappa shape index (κ2) is 26.8. The number of para-hydroxylation sites is 1. The van der Waals surface area contributed by atoms with Crippen molar-refractivity contribution in [1.82, 2.24) is 41.8 Å². The Balaban J connectivity index is 1.19. The standard InChI is InChI=1S/C58H66N10O9/c59-27-13-12-22-46-52(69)64-47(30-38-23-25-42(26-24-38)76-36-39-16-6-2-7-17-39)53(70)66-49(31-37-14-4-1-5-15-37)57(74)68-35-43(77-58(75)61-29-28-60)33-50(68)55(72)67-51(40-18-8-3-9-19-40)56(73)65-48(54(71)63-46)32-41-34-62-45-21-11-10-20-44(41)45/h1-11,14-21,23-26,34,43,46-51,62H,12-13,22,27-33,35-36,59-60H2,(H,61,75)(H,63,71)(H,64,69)(H,65,73)(H,66,70)(H,67,72)/t43-,46+,47+,48+,49+,50+,51+/m1/s1. The minimum Gasteiger partial charge on any atom is -0.489 e. The molecule has 7 amide bonds. The van der Waals surface area contributed by atoms with Crippen molar-refractivity contribution in [2.75, 3.05) is 26.2 Å². The molecule has 0 aliphatic carbocycles.